The Hall–Kier alpha value is -1.80. The molecule has 0 bridgehead atoms. The van der Waals surface area contributed by atoms with Crippen LogP contribution in [-0.2, 0) is 0 Å². The summed E-state index contributed by atoms with van der Waals surface area (Å²) < 4.78 is 6.14. The van der Waals surface area contributed by atoms with Crippen LogP contribution in [0.15, 0.2) is 42.5 Å². The molecule has 2 atom stereocenters. The molecule has 1 aliphatic heterocycles. The van der Waals surface area contributed by atoms with E-state index in [9.17, 15) is 5.11 Å². The normalized spacial score (nSPS) is 24.3. The monoisotopic (exact) mass is 280 g/mol. The van der Waals surface area contributed by atoms with E-state index in [0.717, 1.165) is 22.8 Å². The zero-order valence-electron chi connectivity index (χ0n) is 12.3. The van der Waals surface area contributed by atoms with E-state index in [2.05, 4.69) is 24.3 Å². The van der Waals surface area contributed by atoms with E-state index in [1.807, 2.05) is 25.1 Å². The van der Waals surface area contributed by atoms with Gasteiger partial charge in [-0.05, 0) is 48.9 Å². The van der Waals surface area contributed by atoms with Crippen LogP contribution in [0.5, 0.6) is 5.75 Å². The zero-order chi connectivity index (χ0) is 14.4. The van der Waals surface area contributed by atoms with E-state index >= 15 is 0 Å². The molecule has 1 fully saturated rings. The number of ether oxygens (including phenoxy) is 1. The highest BCUT2D eigenvalue weighted by Gasteiger charge is 2.29. The minimum atomic E-state index is -0.441. The van der Waals surface area contributed by atoms with Crippen LogP contribution >= 0.6 is 0 Å². The molecule has 2 aromatic rings. The standard InChI is InChI=1S/C19H20O2/c1-12-5-8-18-16(9-12)17(20)11-19(21-18)15-4-2-3-14(10-15)13-6-7-13/h2-5,8-10,13,17,19-20H,6-7,11H2,1H3. The van der Waals surface area contributed by atoms with Crippen molar-refractivity contribution in [1.82, 2.24) is 0 Å². The van der Waals surface area contributed by atoms with Crippen molar-refractivity contribution in [2.75, 3.05) is 0 Å². The first-order chi connectivity index (χ1) is 10.2. The molecule has 0 amide bonds. The molecule has 2 aliphatic rings. The Morgan fingerprint density at radius 1 is 1.05 bits per heavy atom. The van der Waals surface area contributed by atoms with E-state index in [1.54, 1.807) is 0 Å². The summed E-state index contributed by atoms with van der Waals surface area (Å²) in [6, 6.07) is 14.7. The molecule has 1 heterocycles. The number of rotatable bonds is 2. The van der Waals surface area contributed by atoms with Crippen molar-refractivity contribution >= 4 is 0 Å². The average molecular weight is 280 g/mol. The van der Waals surface area contributed by atoms with E-state index in [-0.39, 0.29) is 6.10 Å². The van der Waals surface area contributed by atoms with Gasteiger partial charge in [0.25, 0.3) is 0 Å². The van der Waals surface area contributed by atoms with Gasteiger partial charge in [-0.15, -0.1) is 0 Å². The summed E-state index contributed by atoms with van der Waals surface area (Å²) in [6.07, 6.45) is 2.75. The summed E-state index contributed by atoms with van der Waals surface area (Å²) in [5.41, 5.74) is 4.68. The van der Waals surface area contributed by atoms with Crippen LogP contribution in [0.3, 0.4) is 0 Å². The molecule has 0 aromatic heterocycles. The Bertz CT molecular complexity index is 673. The van der Waals surface area contributed by atoms with Gasteiger partial charge in [-0.2, -0.15) is 0 Å². The molecule has 0 saturated heterocycles. The van der Waals surface area contributed by atoms with Gasteiger partial charge in [-0.3, -0.25) is 0 Å². The summed E-state index contributed by atoms with van der Waals surface area (Å²) in [4.78, 5) is 0. The fourth-order valence-corrected chi connectivity index (χ4v) is 3.20. The number of aliphatic hydroxyl groups is 1. The van der Waals surface area contributed by atoms with Crippen LogP contribution in [0.2, 0.25) is 0 Å². The fourth-order valence-electron chi connectivity index (χ4n) is 3.20. The first-order valence-electron chi connectivity index (χ1n) is 7.76. The Kier molecular flexibility index (Phi) is 3.00. The number of aryl methyl sites for hydroxylation is 1. The lowest BCUT2D eigenvalue weighted by Crippen LogP contribution is -2.19. The molecule has 1 aliphatic carbocycles. The molecule has 0 radical (unpaired) electrons. The number of hydrogen-bond acceptors (Lipinski definition) is 2. The van der Waals surface area contributed by atoms with Crippen LogP contribution in [0.1, 0.15) is 59.6 Å². The van der Waals surface area contributed by atoms with Crippen molar-refractivity contribution in [3.8, 4) is 5.75 Å². The Labute approximate surface area is 125 Å². The fraction of sp³-hybridized carbons (Fsp3) is 0.368. The highest BCUT2D eigenvalue weighted by atomic mass is 16.5. The van der Waals surface area contributed by atoms with Crippen LogP contribution in [0.25, 0.3) is 0 Å². The molecule has 2 nitrogen and oxygen atoms in total. The number of aliphatic hydroxyl groups excluding tert-OH is 1. The maximum atomic E-state index is 10.4. The molecule has 21 heavy (non-hydrogen) atoms. The lowest BCUT2D eigenvalue weighted by molar-refractivity contribution is 0.0656. The topological polar surface area (TPSA) is 29.5 Å². The third-order valence-electron chi connectivity index (χ3n) is 4.56. The molecule has 2 heteroatoms. The highest BCUT2D eigenvalue weighted by molar-refractivity contribution is 5.41. The predicted molar refractivity (Wildman–Crippen MR) is 82.5 cm³/mol. The highest BCUT2D eigenvalue weighted by Crippen LogP contribution is 2.44. The van der Waals surface area contributed by atoms with Gasteiger partial charge in [0.15, 0.2) is 0 Å². The maximum Gasteiger partial charge on any atom is 0.127 e. The van der Waals surface area contributed by atoms with Gasteiger partial charge in [0, 0.05) is 12.0 Å². The molecule has 1 saturated carbocycles. The SMILES string of the molecule is Cc1ccc2c(c1)C(O)CC(c1cccc(C3CC3)c1)O2. The first-order valence-corrected chi connectivity index (χ1v) is 7.76. The number of hydrogen-bond donors (Lipinski definition) is 1. The zero-order valence-corrected chi connectivity index (χ0v) is 12.3. The van der Waals surface area contributed by atoms with Crippen LogP contribution in [0.4, 0.5) is 0 Å². The second kappa shape index (κ2) is 4.88. The van der Waals surface area contributed by atoms with Crippen LogP contribution in [-0.4, -0.2) is 5.11 Å². The Balaban J connectivity index is 1.65. The largest absolute Gasteiger partial charge is 0.485 e. The van der Waals surface area contributed by atoms with E-state index < -0.39 is 6.10 Å². The smallest absolute Gasteiger partial charge is 0.127 e. The minimum Gasteiger partial charge on any atom is -0.485 e. The third-order valence-corrected chi connectivity index (χ3v) is 4.56. The van der Waals surface area contributed by atoms with Crippen molar-refractivity contribution < 1.29 is 9.84 Å². The van der Waals surface area contributed by atoms with Crippen molar-refractivity contribution in [3.63, 3.8) is 0 Å². The first kappa shape index (κ1) is 12.9. The Morgan fingerprint density at radius 3 is 2.67 bits per heavy atom. The molecule has 0 spiro atoms. The quantitative estimate of drug-likeness (QED) is 0.881. The van der Waals surface area contributed by atoms with Crippen molar-refractivity contribution in [2.24, 2.45) is 0 Å². The third kappa shape index (κ3) is 2.44. The van der Waals surface area contributed by atoms with Gasteiger partial charge in [0.05, 0.1) is 6.10 Å². The molecule has 2 unspecified atom stereocenters. The summed E-state index contributed by atoms with van der Waals surface area (Å²) >= 11 is 0. The minimum absolute atomic E-state index is 0.0473. The molecule has 2 aromatic carbocycles. The molecular weight excluding hydrogens is 260 g/mol. The van der Waals surface area contributed by atoms with Gasteiger partial charge in [0.1, 0.15) is 11.9 Å². The molecule has 4 rings (SSSR count). The molecule has 1 N–H and O–H groups in total. The summed E-state index contributed by atoms with van der Waals surface area (Å²) in [5, 5.41) is 10.4. The average Bonchev–Trinajstić information content (AvgIpc) is 3.33. The van der Waals surface area contributed by atoms with Gasteiger partial charge >= 0.3 is 0 Å². The summed E-state index contributed by atoms with van der Waals surface area (Å²) in [6.45, 7) is 2.04. The van der Waals surface area contributed by atoms with Gasteiger partial charge in [-0.25, -0.2) is 0 Å². The van der Waals surface area contributed by atoms with E-state index in [4.69, 9.17) is 4.74 Å². The lowest BCUT2D eigenvalue weighted by Gasteiger charge is -2.30. The second-order valence-corrected chi connectivity index (χ2v) is 6.34. The van der Waals surface area contributed by atoms with Crippen molar-refractivity contribution in [3.05, 3.63) is 64.7 Å². The second-order valence-electron chi connectivity index (χ2n) is 6.34. The van der Waals surface area contributed by atoms with E-state index in [0.29, 0.717) is 6.42 Å². The van der Waals surface area contributed by atoms with Gasteiger partial charge in [-0.1, -0.05) is 35.9 Å². The summed E-state index contributed by atoms with van der Waals surface area (Å²) in [7, 11) is 0. The predicted octanol–water partition coefficient (Wildman–Crippen LogP) is 4.43. The van der Waals surface area contributed by atoms with Crippen LogP contribution < -0.4 is 4.74 Å². The lowest BCUT2D eigenvalue weighted by atomic mass is 9.93. The molecular formula is C19H20O2. The number of fused-ring (bicyclic) bond motifs is 1. The van der Waals surface area contributed by atoms with Crippen molar-refractivity contribution in [2.45, 2.75) is 44.3 Å². The van der Waals surface area contributed by atoms with Gasteiger partial charge < -0.3 is 9.84 Å². The van der Waals surface area contributed by atoms with Crippen LogP contribution in [0, 0.1) is 6.92 Å². The number of benzene rings is 2. The Morgan fingerprint density at radius 2 is 1.86 bits per heavy atom. The maximum absolute atomic E-state index is 10.4. The summed E-state index contributed by atoms with van der Waals surface area (Å²) in [5.74, 6) is 1.56. The molecule has 108 valence electrons. The van der Waals surface area contributed by atoms with E-state index in [1.165, 1.54) is 24.0 Å². The van der Waals surface area contributed by atoms with Gasteiger partial charge in [0.2, 0.25) is 0 Å². The van der Waals surface area contributed by atoms with Crippen molar-refractivity contribution in [1.29, 1.82) is 0 Å².